The van der Waals surface area contributed by atoms with Gasteiger partial charge in [-0.2, -0.15) is 0 Å². The van der Waals surface area contributed by atoms with Crippen LogP contribution >= 0.6 is 0 Å². The normalized spacial score (nSPS) is 21.3. The van der Waals surface area contributed by atoms with Gasteiger partial charge in [-0.15, -0.1) is 0 Å². The van der Waals surface area contributed by atoms with Crippen LogP contribution in [0.5, 0.6) is 0 Å². The van der Waals surface area contributed by atoms with Crippen LogP contribution in [0.25, 0.3) is 0 Å². The van der Waals surface area contributed by atoms with Gasteiger partial charge in [-0.05, 0) is 35.6 Å². The first-order valence-electron chi connectivity index (χ1n) is 9.46. The fraction of sp³-hybridized carbons (Fsp3) is 0.261. The van der Waals surface area contributed by atoms with Crippen LogP contribution in [0.2, 0.25) is 0 Å². The summed E-state index contributed by atoms with van der Waals surface area (Å²) in [4.78, 5) is 7.35. The van der Waals surface area contributed by atoms with E-state index in [2.05, 4.69) is 71.6 Å². The van der Waals surface area contributed by atoms with Crippen molar-refractivity contribution in [2.24, 2.45) is 0 Å². The van der Waals surface area contributed by atoms with Gasteiger partial charge in [-0.3, -0.25) is 0 Å². The van der Waals surface area contributed by atoms with Gasteiger partial charge in [-0.1, -0.05) is 60.7 Å². The quantitative estimate of drug-likeness (QED) is 0.744. The summed E-state index contributed by atoms with van der Waals surface area (Å²) in [5.41, 5.74) is 12.8. The number of hydrogen-bond acceptors (Lipinski definition) is 3. The van der Waals surface area contributed by atoms with E-state index in [1.807, 2.05) is 0 Å². The van der Waals surface area contributed by atoms with Crippen LogP contribution in [-0.2, 0) is 0 Å². The lowest BCUT2D eigenvalue weighted by Crippen LogP contribution is -2.38. The Balaban J connectivity index is 1.68. The molecule has 0 bridgehead atoms. The SMILES string of the molecule is Nc1cc2c3c(n1)[C@@H](c1ccccc1)CCN3CC[C@@H]2c1ccccc1. The molecule has 0 saturated carbocycles. The summed E-state index contributed by atoms with van der Waals surface area (Å²) in [5.74, 6) is 1.38. The van der Waals surface area contributed by atoms with Crippen molar-refractivity contribution >= 4 is 11.5 Å². The molecular formula is C23H23N3. The molecule has 3 heteroatoms. The van der Waals surface area contributed by atoms with Gasteiger partial charge in [0.15, 0.2) is 0 Å². The summed E-state index contributed by atoms with van der Waals surface area (Å²) < 4.78 is 0. The molecule has 2 aliphatic heterocycles. The molecule has 2 N–H and O–H groups in total. The van der Waals surface area contributed by atoms with Crippen molar-refractivity contribution in [2.45, 2.75) is 24.7 Å². The molecule has 5 rings (SSSR count). The summed E-state index contributed by atoms with van der Waals surface area (Å²) in [7, 11) is 0. The van der Waals surface area contributed by atoms with E-state index in [1.54, 1.807) is 0 Å². The zero-order valence-electron chi connectivity index (χ0n) is 14.8. The molecule has 0 unspecified atom stereocenters. The van der Waals surface area contributed by atoms with Crippen molar-refractivity contribution in [2.75, 3.05) is 23.7 Å². The zero-order valence-corrected chi connectivity index (χ0v) is 14.8. The van der Waals surface area contributed by atoms with Gasteiger partial charge in [0.1, 0.15) is 5.82 Å². The van der Waals surface area contributed by atoms with Crippen LogP contribution in [0.3, 0.4) is 0 Å². The molecule has 26 heavy (non-hydrogen) atoms. The number of pyridine rings is 1. The molecule has 0 saturated heterocycles. The number of aromatic nitrogens is 1. The van der Waals surface area contributed by atoms with E-state index in [4.69, 9.17) is 10.7 Å². The summed E-state index contributed by atoms with van der Waals surface area (Å²) in [6.45, 7) is 2.18. The third kappa shape index (κ3) is 2.47. The highest BCUT2D eigenvalue weighted by Gasteiger charge is 2.35. The van der Waals surface area contributed by atoms with Crippen molar-refractivity contribution < 1.29 is 0 Å². The van der Waals surface area contributed by atoms with Crippen molar-refractivity contribution in [1.82, 2.24) is 4.98 Å². The molecule has 0 radical (unpaired) electrons. The number of nitrogens with zero attached hydrogens (tertiary/aromatic N) is 2. The Morgan fingerprint density at radius 3 is 2.04 bits per heavy atom. The van der Waals surface area contributed by atoms with Gasteiger partial charge in [0.05, 0.1) is 11.4 Å². The van der Waals surface area contributed by atoms with Crippen LogP contribution in [0.4, 0.5) is 11.5 Å². The first-order valence-corrected chi connectivity index (χ1v) is 9.46. The van der Waals surface area contributed by atoms with E-state index in [-0.39, 0.29) is 0 Å². The minimum absolute atomic E-state index is 0.333. The van der Waals surface area contributed by atoms with Crippen molar-refractivity contribution in [1.29, 1.82) is 0 Å². The number of anilines is 2. The Morgan fingerprint density at radius 1 is 0.808 bits per heavy atom. The summed E-state index contributed by atoms with van der Waals surface area (Å²) in [6, 6.07) is 23.7. The Hall–Kier alpha value is -2.81. The van der Waals surface area contributed by atoms with Crippen LogP contribution in [0.15, 0.2) is 66.7 Å². The predicted octanol–water partition coefficient (Wildman–Crippen LogP) is 4.54. The minimum Gasteiger partial charge on any atom is -0.384 e. The standard InChI is InChI=1S/C23H23N3/c24-21-15-20-18(16-7-3-1-4-8-16)11-13-26-14-12-19(22(25-21)23(20)26)17-9-5-2-6-10-17/h1-10,15,18-19H,11-14H2,(H2,24,25)/t18-,19-/m1/s1. The Labute approximate surface area is 154 Å². The first-order chi connectivity index (χ1) is 12.8. The Morgan fingerprint density at radius 2 is 1.38 bits per heavy atom. The van der Waals surface area contributed by atoms with Gasteiger partial charge < -0.3 is 10.6 Å². The molecular weight excluding hydrogens is 318 g/mol. The largest absolute Gasteiger partial charge is 0.384 e. The van der Waals surface area contributed by atoms with Crippen LogP contribution in [0.1, 0.15) is 47.1 Å². The van der Waals surface area contributed by atoms with E-state index in [0.717, 1.165) is 31.6 Å². The van der Waals surface area contributed by atoms with Gasteiger partial charge in [0, 0.05) is 24.9 Å². The topological polar surface area (TPSA) is 42.1 Å². The molecule has 0 spiro atoms. The maximum atomic E-state index is 6.28. The van der Waals surface area contributed by atoms with Crippen LogP contribution in [-0.4, -0.2) is 18.1 Å². The first kappa shape index (κ1) is 15.4. The highest BCUT2D eigenvalue weighted by Crippen LogP contribution is 2.47. The van der Waals surface area contributed by atoms with Gasteiger partial charge in [0.2, 0.25) is 0 Å². The molecule has 3 nitrogen and oxygen atoms in total. The molecule has 0 amide bonds. The number of hydrogen-bond donors (Lipinski definition) is 1. The fourth-order valence-corrected chi connectivity index (χ4v) is 4.69. The van der Waals surface area contributed by atoms with E-state index in [1.165, 1.54) is 22.4 Å². The maximum absolute atomic E-state index is 6.28. The molecule has 0 fully saturated rings. The highest BCUT2D eigenvalue weighted by molar-refractivity contribution is 5.68. The minimum atomic E-state index is 0.333. The molecule has 2 aromatic carbocycles. The molecule has 2 aliphatic rings. The lowest BCUT2D eigenvalue weighted by molar-refractivity contribution is 0.562. The monoisotopic (exact) mass is 341 g/mol. The second-order valence-electron chi connectivity index (χ2n) is 7.36. The van der Waals surface area contributed by atoms with Gasteiger partial charge >= 0.3 is 0 Å². The predicted molar refractivity (Wildman–Crippen MR) is 107 cm³/mol. The maximum Gasteiger partial charge on any atom is 0.124 e. The van der Waals surface area contributed by atoms with Crippen molar-refractivity contribution in [3.8, 4) is 0 Å². The highest BCUT2D eigenvalue weighted by atomic mass is 15.2. The number of benzene rings is 2. The fourth-order valence-electron chi connectivity index (χ4n) is 4.69. The number of rotatable bonds is 2. The van der Waals surface area contributed by atoms with E-state index >= 15 is 0 Å². The molecule has 1 aromatic heterocycles. The molecule has 2 atom stereocenters. The second kappa shape index (κ2) is 6.17. The van der Waals surface area contributed by atoms with Crippen molar-refractivity contribution in [3.63, 3.8) is 0 Å². The van der Waals surface area contributed by atoms with Crippen LogP contribution in [0, 0.1) is 0 Å². The zero-order chi connectivity index (χ0) is 17.5. The lowest BCUT2D eigenvalue weighted by atomic mass is 9.79. The van der Waals surface area contributed by atoms with Crippen LogP contribution < -0.4 is 10.6 Å². The lowest BCUT2D eigenvalue weighted by Gasteiger charge is -2.42. The molecule has 0 aliphatic carbocycles. The summed E-state index contributed by atoms with van der Waals surface area (Å²) in [6.07, 6.45) is 2.23. The summed E-state index contributed by atoms with van der Waals surface area (Å²) in [5, 5.41) is 0. The second-order valence-corrected chi connectivity index (χ2v) is 7.36. The molecule has 130 valence electrons. The van der Waals surface area contributed by atoms with E-state index < -0.39 is 0 Å². The van der Waals surface area contributed by atoms with E-state index in [0.29, 0.717) is 17.7 Å². The Bertz CT molecular complexity index is 848. The van der Waals surface area contributed by atoms with Crippen molar-refractivity contribution in [3.05, 3.63) is 89.1 Å². The molecule has 3 aromatic rings. The average molecular weight is 341 g/mol. The average Bonchev–Trinajstić information content (AvgIpc) is 2.69. The molecule has 3 heterocycles. The smallest absolute Gasteiger partial charge is 0.124 e. The summed E-state index contributed by atoms with van der Waals surface area (Å²) >= 11 is 0. The third-order valence-corrected chi connectivity index (χ3v) is 5.87. The van der Waals surface area contributed by atoms with E-state index in [9.17, 15) is 0 Å². The number of nitrogen functional groups attached to an aromatic ring is 1. The Kier molecular flexibility index (Phi) is 3.66. The van der Waals surface area contributed by atoms with Gasteiger partial charge in [-0.25, -0.2) is 4.98 Å². The van der Waals surface area contributed by atoms with Gasteiger partial charge in [0.25, 0.3) is 0 Å². The third-order valence-electron chi connectivity index (χ3n) is 5.87. The number of nitrogens with two attached hydrogens (primary N) is 1.